The number of hydrogen-bond acceptors (Lipinski definition) is 4. The van der Waals surface area contributed by atoms with Crippen molar-refractivity contribution in [3.63, 3.8) is 0 Å². The largest absolute Gasteiger partial charge is 0.378 e. The van der Waals surface area contributed by atoms with Gasteiger partial charge in [0.15, 0.2) is 0 Å². The molecule has 0 aliphatic carbocycles. The van der Waals surface area contributed by atoms with Crippen LogP contribution in [0.15, 0.2) is 30.3 Å². The Morgan fingerprint density at radius 1 is 1.22 bits per heavy atom. The maximum atomic E-state index is 12.6. The van der Waals surface area contributed by atoms with Gasteiger partial charge in [-0.05, 0) is 18.4 Å². The fourth-order valence-corrected chi connectivity index (χ4v) is 4.59. The molecular formula is C21H29N3O3. The quantitative estimate of drug-likeness (QED) is 0.869. The summed E-state index contributed by atoms with van der Waals surface area (Å²) in [6, 6.07) is 10.3. The Labute approximate surface area is 160 Å². The maximum absolute atomic E-state index is 12.6. The number of carbonyl (C=O) groups excluding carboxylic acids is 2. The molecule has 3 fully saturated rings. The van der Waals surface area contributed by atoms with Crippen molar-refractivity contribution in [2.24, 2.45) is 5.41 Å². The highest BCUT2D eigenvalue weighted by Gasteiger charge is 2.45. The van der Waals surface area contributed by atoms with Crippen LogP contribution in [0.1, 0.15) is 31.2 Å². The minimum absolute atomic E-state index is 0.0504. The van der Waals surface area contributed by atoms with E-state index in [0.717, 1.165) is 45.6 Å². The van der Waals surface area contributed by atoms with Crippen LogP contribution in [0.5, 0.6) is 0 Å². The lowest BCUT2D eigenvalue weighted by molar-refractivity contribution is -0.134. The van der Waals surface area contributed by atoms with Gasteiger partial charge in [0.05, 0.1) is 13.2 Å². The van der Waals surface area contributed by atoms with Crippen LogP contribution >= 0.6 is 0 Å². The summed E-state index contributed by atoms with van der Waals surface area (Å²) >= 11 is 0. The predicted molar refractivity (Wildman–Crippen MR) is 102 cm³/mol. The average molecular weight is 371 g/mol. The first-order chi connectivity index (χ1) is 13.1. The normalized spacial score (nSPS) is 25.2. The van der Waals surface area contributed by atoms with Gasteiger partial charge in [0.25, 0.3) is 0 Å². The molecular weight excluding hydrogens is 342 g/mol. The van der Waals surface area contributed by atoms with Gasteiger partial charge in [0, 0.05) is 57.0 Å². The molecule has 0 saturated carbocycles. The van der Waals surface area contributed by atoms with Gasteiger partial charge in [-0.25, -0.2) is 0 Å². The number of hydrogen-bond donors (Lipinski definition) is 1. The molecule has 146 valence electrons. The zero-order chi connectivity index (χ0) is 18.7. The highest BCUT2D eigenvalue weighted by atomic mass is 16.5. The van der Waals surface area contributed by atoms with E-state index in [1.807, 2.05) is 28.0 Å². The van der Waals surface area contributed by atoms with E-state index in [2.05, 4.69) is 17.4 Å². The van der Waals surface area contributed by atoms with Crippen LogP contribution in [0.25, 0.3) is 0 Å². The van der Waals surface area contributed by atoms with Crippen molar-refractivity contribution in [1.29, 1.82) is 0 Å². The van der Waals surface area contributed by atoms with Gasteiger partial charge < -0.3 is 19.9 Å². The molecule has 1 aromatic rings. The number of amides is 2. The molecule has 4 rings (SSSR count). The van der Waals surface area contributed by atoms with E-state index in [0.29, 0.717) is 26.0 Å². The zero-order valence-electron chi connectivity index (χ0n) is 15.9. The standard InChI is InChI=1S/C21H29N3O3/c25-19(12-18-15-27-11-8-22-18)23-9-6-21(7-10-23)13-20(26)24(16-21)14-17-4-2-1-3-5-17/h1-5,18,22H,6-16H2/t18-/m0/s1. The molecule has 0 unspecified atom stereocenters. The average Bonchev–Trinajstić information content (AvgIpc) is 2.98. The SMILES string of the molecule is O=C(C[C@H]1COCCN1)N1CCC2(CC1)CC(=O)N(Cc1ccccc1)C2. The second-order valence-corrected chi connectivity index (χ2v) is 8.22. The Hall–Kier alpha value is -1.92. The van der Waals surface area contributed by atoms with Crippen LogP contribution in [0.3, 0.4) is 0 Å². The topological polar surface area (TPSA) is 61.9 Å². The number of likely N-dealkylation sites (tertiary alicyclic amines) is 2. The number of nitrogens with zero attached hydrogens (tertiary/aromatic N) is 2. The molecule has 6 nitrogen and oxygen atoms in total. The molecule has 3 aliphatic rings. The van der Waals surface area contributed by atoms with Crippen molar-refractivity contribution in [2.45, 2.75) is 38.3 Å². The van der Waals surface area contributed by atoms with Gasteiger partial charge in [-0.1, -0.05) is 30.3 Å². The van der Waals surface area contributed by atoms with Gasteiger partial charge in [-0.15, -0.1) is 0 Å². The smallest absolute Gasteiger partial charge is 0.224 e. The second kappa shape index (κ2) is 7.98. The third-order valence-corrected chi connectivity index (χ3v) is 6.22. The first-order valence-electron chi connectivity index (χ1n) is 10.0. The molecule has 0 radical (unpaired) electrons. The highest BCUT2D eigenvalue weighted by Crippen LogP contribution is 2.41. The van der Waals surface area contributed by atoms with Crippen LogP contribution in [0.4, 0.5) is 0 Å². The number of benzene rings is 1. The van der Waals surface area contributed by atoms with Crippen molar-refractivity contribution in [3.05, 3.63) is 35.9 Å². The molecule has 27 heavy (non-hydrogen) atoms. The van der Waals surface area contributed by atoms with Crippen LogP contribution in [0, 0.1) is 5.41 Å². The molecule has 1 spiro atoms. The molecule has 1 N–H and O–H groups in total. The number of morpholine rings is 1. The van der Waals surface area contributed by atoms with E-state index in [9.17, 15) is 9.59 Å². The summed E-state index contributed by atoms with van der Waals surface area (Å²) in [7, 11) is 0. The first-order valence-corrected chi connectivity index (χ1v) is 10.0. The summed E-state index contributed by atoms with van der Waals surface area (Å²) in [4.78, 5) is 29.1. The predicted octanol–water partition coefficient (Wildman–Crippen LogP) is 1.41. The van der Waals surface area contributed by atoms with Crippen molar-refractivity contribution < 1.29 is 14.3 Å². The lowest BCUT2D eigenvalue weighted by Gasteiger charge is -2.39. The van der Waals surface area contributed by atoms with Crippen molar-refractivity contribution in [3.8, 4) is 0 Å². The van der Waals surface area contributed by atoms with Gasteiger partial charge in [0.1, 0.15) is 0 Å². The summed E-state index contributed by atoms with van der Waals surface area (Å²) in [5.74, 6) is 0.459. The Bertz CT molecular complexity index is 665. The first kappa shape index (κ1) is 18.4. The molecule has 2 amide bonds. The minimum atomic E-state index is 0.0504. The van der Waals surface area contributed by atoms with E-state index in [1.54, 1.807) is 0 Å². The van der Waals surface area contributed by atoms with Crippen molar-refractivity contribution in [2.75, 3.05) is 39.4 Å². The highest BCUT2D eigenvalue weighted by molar-refractivity contribution is 5.80. The summed E-state index contributed by atoms with van der Waals surface area (Å²) in [6.07, 6.45) is 2.97. The molecule has 3 saturated heterocycles. The molecule has 0 aromatic heterocycles. The van der Waals surface area contributed by atoms with Crippen LogP contribution in [-0.2, 0) is 20.9 Å². The lowest BCUT2D eigenvalue weighted by atomic mass is 9.77. The van der Waals surface area contributed by atoms with Crippen LogP contribution < -0.4 is 5.32 Å². The van der Waals surface area contributed by atoms with Gasteiger partial charge in [-0.2, -0.15) is 0 Å². The molecule has 3 aliphatic heterocycles. The fourth-order valence-electron chi connectivity index (χ4n) is 4.59. The molecule has 1 atom stereocenters. The number of nitrogens with one attached hydrogen (secondary N) is 1. The summed E-state index contributed by atoms with van der Waals surface area (Å²) in [5.41, 5.74) is 1.23. The van der Waals surface area contributed by atoms with E-state index in [1.165, 1.54) is 5.56 Å². The summed E-state index contributed by atoms with van der Waals surface area (Å²) in [6.45, 7) is 5.20. The van der Waals surface area contributed by atoms with Gasteiger partial charge in [-0.3, -0.25) is 9.59 Å². The molecule has 1 aromatic carbocycles. The molecule has 3 heterocycles. The van der Waals surface area contributed by atoms with E-state index < -0.39 is 0 Å². The zero-order valence-corrected chi connectivity index (χ0v) is 15.9. The van der Waals surface area contributed by atoms with Crippen molar-refractivity contribution in [1.82, 2.24) is 15.1 Å². The maximum Gasteiger partial charge on any atom is 0.224 e. The fraction of sp³-hybridized carbons (Fsp3) is 0.619. The Morgan fingerprint density at radius 2 is 2.00 bits per heavy atom. The van der Waals surface area contributed by atoms with E-state index in [-0.39, 0.29) is 23.3 Å². The van der Waals surface area contributed by atoms with Gasteiger partial charge >= 0.3 is 0 Å². The number of carbonyl (C=O) groups is 2. The van der Waals surface area contributed by atoms with Crippen molar-refractivity contribution >= 4 is 11.8 Å². The van der Waals surface area contributed by atoms with E-state index in [4.69, 9.17) is 4.74 Å². The summed E-state index contributed by atoms with van der Waals surface area (Å²) < 4.78 is 5.44. The summed E-state index contributed by atoms with van der Waals surface area (Å²) in [5, 5.41) is 3.35. The number of ether oxygens (including phenoxy) is 1. The third kappa shape index (κ3) is 4.33. The lowest BCUT2D eigenvalue weighted by Crippen LogP contribution is -2.48. The minimum Gasteiger partial charge on any atom is -0.378 e. The molecule has 0 bridgehead atoms. The number of rotatable bonds is 4. The Morgan fingerprint density at radius 3 is 2.70 bits per heavy atom. The van der Waals surface area contributed by atoms with Crippen LogP contribution in [0.2, 0.25) is 0 Å². The van der Waals surface area contributed by atoms with E-state index >= 15 is 0 Å². The monoisotopic (exact) mass is 371 g/mol. The van der Waals surface area contributed by atoms with Gasteiger partial charge in [0.2, 0.25) is 11.8 Å². The Kier molecular flexibility index (Phi) is 5.45. The van der Waals surface area contributed by atoms with Crippen LogP contribution in [-0.4, -0.2) is 67.0 Å². The Balaban J connectivity index is 1.29. The second-order valence-electron chi connectivity index (χ2n) is 8.22. The number of piperidine rings is 1. The molecule has 6 heteroatoms. The third-order valence-electron chi connectivity index (χ3n) is 6.22.